The van der Waals surface area contributed by atoms with E-state index < -0.39 is 39.9 Å². The number of carbonyl (C=O) groups is 2. The van der Waals surface area contributed by atoms with Crippen molar-refractivity contribution in [1.82, 2.24) is 65.5 Å². The molecule has 0 aromatic carbocycles. The van der Waals surface area contributed by atoms with Gasteiger partial charge in [0, 0.05) is 47.6 Å². The van der Waals surface area contributed by atoms with Crippen LogP contribution in [-0.4, -0.2) is 116 Å². The Kier molecular flexibility index (Phi) is 13.6. The summed E-state index contributed by atoms with van der Waals surface area (Å²) >= 11 is 2.27. The molecule has 1 N–H and O–H groups in total. The lowest BCUT2D eigenvalue weighted by Crippen LogP contribution is -2.43. The van der Waals surface area contributed by atoms with Crippen molar-refractivity contribution in [2.24, 2.45) is 0 Å². The first-order valence-corrected chi connectivity index (χ1v) is 22.8. The van der Waals surface area contributed by atoms with Crippen molar-refractivity contribution >= 4 is 67.7 Å². The monoisotopic (exact) mass is 1020 g/mol. The number of hydrogen-bond acceptors (Lipinski definition) is 22. The third-order valence-electron chi connectivity index (χ3n) is 9.34. The fourth-order valence-electron chi connectivity index (χ4n) is 6.08. The second kappa shape index (κ2) is 19.7. The van der Waals surface area contributed by atoms with Crippen LogP contribution in [0, 0.1) is 0 Å². The van der Waals surface area contributed by atoms with Gasteiger partial charge < -0.3 is 28.9 Å². The molecule has 31 heteroatoms. The van der Waals surface area contributed by atoms with E-state index in [1.807, 2.05) is 0 Å². The number of sulfone groups is 1. The summed E-state index contributed by atoms with van der Waals surface area (Å²) in [6, 6.07) is 9.31. The maximum absolute atomic E-state index is 13.0. The second-order valence-electron chi connectivity index (χ2n) is 14.0. The summed E-state index contributed by atoms with van der Waals surface area (Å²) in [5, 5.41) is 31.8. The molecule has 9 heterocycles. The molecule has 8 aromatic rings. The summed E-state index contributed by atoms with van der Waals surface area (Å²) in [5.74, 6) is -3.83. The number of halogens is 6. The van der Waals surface area contributed by atoms with Crippen LogP contribution in [0.1, 0.15) is 42.3 Å². The summed E-state index contributed by atoms with van der Waals surface area (Å²) in [7, 11) is -3.16. The molecule has 0 atom stereocenters. The van der Waals surface area contributed by atoms with Gasteiger partial charge in [-0.2, -0.15) is 46.5 Å². The largest absolute Gasteiger partial charge is 0.478 e. The lowest BCUT2D eigenvalue weighted by atomic mass is 10.2. The van der Waals surface area contributed by atoms with Gasteiger partial charge in [-0.05, 0) is 36.4 Å². The summed E-state index contributed by atoms with van der Waals surface area (Å²) in [6.07, 6.45) is 1.73. The first kappa shape index (κ1) is 47.6. The molecule has 1 amide bonds. The number of carboxylic acids is 1. The van der Waals surface area contributed by atoms with Crippen LogP contribution in [-0.2, 0) is 35.3 Å². The van der Waals surface area contributed by atoms with E-state index in [0.717, 1.165) is 28.9 Å². The molecule has 0 radical (unpaired) electrons. The maximum atomic E-state index is 13.0. The topological polar surface area (TPSA) is 279 Å². The van der Waals surface area contributed by atoms with Gasteiger partial charge in [0.2, 0.25) is 11.6 Å². The summed E-state index contributed by atoms with van der Waals surface area (Å²) < 4.78 is 109. The third kappa shape index (κ3) is 11.6. The first-order chi connectivity index (χ1) is 32.9. The predicted molar refractivity (Wildman–Crippen MR) is 227 cm³/mol. The summed E-state index contributed by atoms with van der Waals surface area (Å²) in [4.78, 5) is 54.4. The van der Waals surface area contributed by atoms with Crippen molar-refractivity contribution in [3.63, 3.8) is 0 Å². The van der Waals surface area contributed by atoms with E-state index in [9.17, 15) is 49.5 Å². The quantitative estimate of drug-likeness (QED) is 0.137. The Labute approximate surface area is 390 Å². The average molecular weight is 1020 g/mol. The van der Waals surface area contributed by atoms with Crippen molar-refractivity contribution in [3.8, 4) is 21.4 Å². The van der Waals surface area contributed by atoms with Crippen molar-refractivity contribution in [1.29, 1.82) is 0 Å². The SMILES string of the molecule is O=C(O)c1cnnc(N(Cc2ccc(-c3noc(C(F)(F)F)n3)s2)c2cnccn2)c1.O=C(c1cnnc(N(Cc2ccc(-c3noc(C(F)(F)F)n3)s2)c2cnccn2)c1)N1CCS(=O)(=O)CC1. The van der Waals surface area contributed by atoms with E-state index in [-0.39, 0.29) is 78.0 Å². The van der Waals surface area contributed by atoms with Gasteiger partial charge in [-0.25, -0.2) is 23.2 Å². The lowest BCUT2D eigenvalue weighted by molar-refractivity contribution is -0.160. The van der Waals surface area contributed by atoms with E-state index in [1.54, 1.807) is 34.1 Å². The molecule has 1 aliphatic heterocycles. The number of nitrogens with zero attached hydrogens (tertiary/aromatic N) is 15. The van der Waals surface area contributed by atoms with Gasteiger partial charge in [0.15, 0.2) is 33.1 Å². The van der Waals surface area contributed by atoms with Gasteiger partial charge in [0.1, 0.15) is 0 Å². The van der Waals surface area contributed by atoms with Gasteiger partial charge in [-0.15, -0.1) is 32.9 Å². The summed E-state index contributed by atoms with van der Waals surface area (Å²) in [5.41, 5.74) is 0.138. The number of carbonyl (C=O) groups excluding carboxylic acids is 1. The summed E-state index contributed by atoms with van der Waals surface area (Å²) in [6.45, 7) is 0.473. The van der Waals surface area contributed by atoms with Crippen LogP contribution in [0.3, 0.4) is 0 Å². The second-order valence-corrected chi connectivity index (χ2v) is 18.7. The highest BCUT2D eigenvalue weighted by atomic mass is 32.2. The van der Waals surface area contributed by atoms with E-state index in [4.69, 9.17) is 0 Å². The van der Waals surface area contributed by atoms with Gasteiger partial charge in [0.05, 0.1) is 70.3 Å². The fourth-order valence-corrected chi connectivity index (χ4v) is 9.13. The number of amides is 1. The van der Waals surface area contributed by atoms with Crippen LogP contribution in [0.2, 0.25) is 0 Å². The highest BCUT2D eigenvalue weighted by Gasteiger charge is 2.40. The third-order valence-corrected chi connectivity index (χ3v) is 13.1. The molecule has 69 heavy (non-hydrogen) atoms. The number of anilines is 4. The van der Waals surface area contributed by atoms with Crippen molar-refractivity contribution in [3.05, 3.63) is 119 Å². The number of carboxylic acid groups (broad SMARTS) is 1. The van der Waals surface area contributed by atoms with E-state index in [1.165, 1.54) is 60.4 Å². The van der Waals surface area contributed by atoms with Crippen LogP contribution in [0.15, 0.2) is 95.0 Å². The number of hydrogen-bond donors (Lipinski definition) is 1. The van der Waals surface area contributed by atoms with Gasteiger partial charge >= 0.3 is 30.1 Å². The molecule has 1 aliphatic rings. The van der Waals surface area contributed by atoms with Crippen molar-refractivity contribution < 1.29 is 58.5 Å². The molecule has 9 rings (SSSR count). The minimum atomic E-state index is -4.75. The van der Waals surface area contributed by atoms with E-state index in [2.05, 4.69) is 69.7 Å². The van der Waals surface area contributed by atoms with Crippen molar-refractivity contribution in [2.75, 3.05) is 34.4 Å². The van der Waals surface area contributed by atoms with Crippen LogP contribution < -0.4 is 9.80 Å². The maximum Gasteiger partial charge on any atom is 0.471 e. The number of alkyl halides is 6. The zero-order valence-corrected chi connectivity index (χ0v) is 36.9. The Morgan fingerprint density at radius 1 is 0.667 bits per heavy atom. The van der Waals surface area contributed by atoms with Crippen LogP contribution in [0.5, 0.6) is 0 Å². The molecular formula is C38H27F6N15O7S3. The van der Waals surface area contributed by atoms with E-state index >= 15 is 0 Å². The van der Waals surface area contributed by atoms with Crippen molar-refractivity contribution in [2.45, 2.75) is 25.4 Å². The Hall–Kier alpha value is -7.93. The standard InChI is InChI=1S/C21H17F3N8O4S2.C17H10F3N7O3S/c22-21(23,24)20-28-18(30-36-20)15-2-1-14(37-15)12-32(17-11-25-3-4-26-17)16-9-13(10-27-29-16)19(33)31-5-7-38(34,35)8-6-31;18-17(19,20)16-24-14(26-30-16)11-2-1-10(31-11)8-27(13-7-21-3-4-22-13)12-5-9(15(28)29)6-23-25-12/h1-4,9-11H,5-8,12H2;1-7H,8H2,(H,28,29). The molecule has 1 saturated heterocycles. The van der Waals surface area contributed by atoms with Gasteiger partial charge in [0.25, 0.3) is 5.91 Å². The zero-order chi connectivity index (χ0) is 48.9. The highest BCUT2D eigenvalue weighted by Crippen LogP contribution is 2.35. The molecular weight excluding hydrogens is 989 g/mol. The Morgan fingerprint density at radius 3 is 1.55 bits per heavy atom. The van der Waals surface area contributed by atoms with Crippen LogP contribution in [0.25, 0.3) is 21.4 Å². The molecule has 1 fully saturated rings. The minimum Gasteiger partial charge on any atom is -0.478 e. The Morgan fingerprint density at radius 2 is 1.13 bits per heavy atom. The smallest absolute Gasteiger partial charge is 0.471 e. The fraction of sp³-hybridized carbons (Fsp3) is 0.211. The van der Waals surface area contributed by atoms with Crippen LogP contribution >= 0.6 is 22.7 Å². The molecule has 356 valence electrons. The average Bonchev–Trinajstić information content (AvgIpc) is 4.19. The van der Waals surface area contributed by atoms with Gasteiger partial charge in [-0.3, -0.25) is 14.8 Å². The molecule has 0 unspecified atom stereocenters. The molecule has 0 spiro atoms. The predicted octanol–water partition coefficient (Wildman–Crippen LogP) is 6.04. The minimum absolute atomic E-state index is 0.0720. The first-order valence-electron chi connectivity index (χ1n) is 19.4. The highest BCUT2D eigenvalue weighted by molar-refractivity contribution is 7.91. The van der Waals surface area contributed by atoms with Gasteiger partial charge in [-0.1, -0.05) is 10.3 Å². The normalized spacial score (nSPS) is 13.6. The number of aromatic carboxylic acids is 1. The molecule has 0 saturated carbocycles. The number of thiophene rings is 2. The van der Waals surface area contributed by atoms with Crippen LogP contribution in [0.4, 0.5) is 49.6 Å². The number of aromatic nitrogens is 12. The molecule has 0 bridgehead atoms. The zero-order valence-electron chi connectivity index (χ0n) is 34.4. The Balaban J connectivity index is 0.000000190. The molecule has 22 nitrogen and oxygen atoms in total. The number of rotatable bonds is 12. The van der Waals surface area contributed by atoms with E-state index in [0.29, 0.717) is 31.1 Å². The Bertz CT molecular complexity index is 3180. The molecule has 0 aliphatic carbocycles. The lowest BCUT2D eigenvalue weighted by Gasteiger charge is -2.27. The molecule has 8 aromatic heterocycles.